The van der Waals surface area contributed by atoms with Gasteiger partial charge in [-0.3, -0.25) is 14.9 Å². The molecule has 0 unspecified atom stereocenters. The molecule has 8 heteroatoms. The van der Waals surface area contributed by atoms with E-state index >= 15 is 0 Å². The van der Waals surface area contributed by atoms with Gasteiger partial charge >= 0.3 is 0 Å². The summed E-state index contributed by atoms with van der Waals surface area (Å²) in [4.78, 5) is 20.2. The van der Waals surface area contributed by atoms with Crippen LogP contribution in [0.15, 0.2) is 15.9 Å². The van der Waals surface area contributed by atoms with E-state index in [1.165, 1.54) is 6.21 Å². The van der Waals surface area contributed by atoms with E-state index in [4.69, 9.17) is 12.2 Å². The van der Waals surface area contributed by atoms with Crippen molar-refractivity contribution in [2.24, 2.45) is 4.99 Å². The molecule has 0 aliphatic heterocycles. The third-order valence-electron chi connectivity index (χ3n) is 1.98. The first-order valence-corrected chi connectivity index (χ1v) is 5.09. The molecule has 0 saturated heterocycles. The summed E-state index contributed by atoms with van der Waals surface area (Å²) in [6.07, 6.45) is 1.22. The first-order valence-electron chi connectivity index (χ1n) is 4.68. The molecule has 2 rings (SSSR count). The number of nitrogens with zero attached hydrogens (tertiary/aromatic N) is 2. The predicted molar refractivity (Wildman–Crippen MR) is 64.5 cm³/mol. The van der Waals surface area contributed by atoms with Crippen LogP contribution in [-0.4, -0.2) is 31.5 Å². The van der Waals surface area contributed by atoms with E-state index in [0.717, 1.165) is 5.69 Å². The molecule has 0 amide bonds. The minimum absolute atomic E-state index is 0.000692. The van der Waals surface area contributed by atoms with Crippen LogP contribution in [0.2, 0.25) is 0 Å². The summed E-state index contributed by atoms with van der Waals surface area (Å²) in [5, 5.41) is 16.1. The Labute approximate surface area is 100 Å². The molecule has 0 saturated carbocycles. The fourth-order valence-corrected chi connectivity index (χ4v) is 1.39. The molecule has 4 N–H and O–H groups in total. The maximum Gasteiger partial charge on any atom is 0.264 e. The van der Waals surface area contributed by atoms with Gasteiger partial charge in [-0.15, -0.1) is 0 Å². The summed E-state index contributed by atoms with van der Waals surface area (Å²) in [6, 6.07) is 1.70. The summed E-state index contributed by atoms with van der Waals surface area (Å²) in [5.74, 6) is 0.0958. The minimum atomic E-state index is -0.512. The number of nitrogens with one attached hydrogen (secondary N) is 3. The lowest BCUT2D eigenvalue weighted by Crippen LogP contribution is -2.13. The Balaban J connectivity index is 2.40. The van der Waals surface area contributed by atoms with Crippen LogP contribution in [0, 0.1) is 11.7 Å². The molecule has 2 aromatic rings. The highest BCUT2D eigenvalue weighted by molar-refractivity contribution is 7.71. The van der Waals surface area contributed by atoms with E-state index < -0.39 is 5.56 Å². The number of rotatable bonds is 2. The molecule has 7 nitrogen and oxygen atoms in total. The summed E-state index contributed by atoms with van der Waals surface area (Å²) in [6.45, 7) is 1.83. The number of aromatic hydroxyl groups is 1. The van der Waals surface area contributed by atoms with E-state index in [2.05, 4.69) is 25.2 Å². The number of H-pyrrole nitrogens is 3. The average Bonchev–Trinajstić information content (AvgIpc) is 2.62. The van der Waals surface area contributed by atoms with Gasteiger partial charge in [-0.1, -0.05) is 0 Å². The van der Waals surface area contributed by atoms with Gasteiger partial charge in [0.1, 0.15) is 5.56 Å². The number of aromatic amines is 3. The molecule has 0 aromatic carbocycles. The Kier molecular flexibility index (Phi) is 2.88. The first kappa shape index (κ1) is 11.3. The van der Waals surface area contributed by atoms with Crippen molar-refractivity contribution in [3.8, 4) is 5.88 Å². The fraction of sp³-hybridized carbons (Fsp3) is 0.111. The fourth-order valence-electron chi connectivity index (χ4n) is 1.20. The monoisotopic (exact) mass is 251 g/mol. The van der Waals surface area contributed by atoms with Crippen LogP contribution in [0.4, 0.5) is 5.82 Å². The highest BCUT2D eigenvalue weighted by Crippen LogP contribution is 2.10. The van der Waals surface area contributed by atoms with Gasteiger partial charge in [0, 0.05) is 18.0 Å². The summed E-state index contributed by atoms with van der Waals surface area (Å²) >= 11 is 4.69. The molecule has 0 fully saturated rings. The smallest absolute Gasteiger partial charge is 0.264 e. The maximum absolute atomic E-state index is 11.5. The van der Waals surface area contributed by atoms with Gasteiger partial charge in [-0.25, -0.2) is 4.99 Å². The second kappa shape index (κ2) is 4.34. The Morgan fingerprint density at radius 1 is 1.53 bits per heavy atom. The van der Waals surface area contributed by atoms with Gasteiger partial charge < -0.3 is 10.1 Å². The Hall–Kier alpha value is -2.22. The van der Waals surface area contributed by atoms with Gasteiger partial charge in [0.05, 0.1) is 0 Å². The molecule has 0 aliphatic carbocycles. The highest BCUT2D eigenvalue weighted by atomic mass is 32.1. The van der Waals surface area contributed by atoms with Crippen molar-refractivity contribution in [2.45, 2.75) is 6.92 Å². The Morgan fingerprint density at radius 3 is 2.88 bits per heavy atom. The average molecular weight is 251 g/mol. The third kappa shape index (κ3) is 2.48. The lowest BCUT2D eigenvalue weighted by atomic mass is 10.3. The molecule has 88 valence electrons. The van der Waals surface area contributed by atoms with Crippen LogP contribution in [0.3, 0.4) is 0 Å². The highest BCUT2D eigenvalue weighted by Gasteiger charge is 2.04. The predicted octanol–water partition coefficient (Wildman–Crippen LogP) is 0.920. The number of hydrogen-bond acceptors (Lipinski definition) is 5. The molecule has 0 atom stereocenters. The summed E-state index contributed by atoms with van der Waals surface area (Å²) in [7, 11) is 0. The number of aromatic nitrogens is 4. The zero-order valence-corrected chi connectivity index (χ0v) is 9.63. The Morgan fingerprint density at radius 2 is 2.29 bits per heavy atom. The topological polar surface area (TPSA) is 110 Å². The molecule has 2 heterocycles. The van der Waals surface area contributed by atoms with Crippen LogP contribution in [0.25, 0.3) is 0 Å². The van der Waals surface area contributed by atoms with E-state index in [0.29, 0.717) is 5.82 Å². The second-order valence-electron chi connectivity index (χ2n) is 3.34. The third-order valence-corrected chi connectivity index (χ3v) is 2.18. The van der Waals surface area contributed by atoms with E-state index in [1.54, 1.807) is 6.07 Å². The van der Waals surface area contributed by atoms with Crippen molar-refractivity contribution in [3.05, 3.63) is 32.4 Å². The lowest BCUT2D eigenvalue weighted by Gasteiger charge is -1.95. The van der Waals surface area contributed by atoms with Crippen molar-refractivity contribution in [3.63, 3.8) is 0 Å². The molecule has 0 aliphatic rings. The van der Waals surface area contributed by atoms with Gasteiger partial charge in [0.2, 0.25) is 5.88 Å². The number of hydrogen-bond donors (Lipinski definition) is 4. The maximum atomic E-state index is 11.5. The molecule has 0 spiro atoms. The van der Waals surface area contributed by atoms with Gasteiger partial charge in [-0.2, -0.15) is 5.10 Å². The standard InChI is InChI=1S/C9H9N5O2S/c1-4-2-6(14-13-4)10-3-5-7(15)11-9(17)12-8(5)16/h2-3H,1H3,(H,13,14)(H3,11,12,15,16,17). The van der Waals surface area contributed by atoms with E-state index in [-0.39, 0.29) is 16.2 Å². The first-order chi connectivity index (χ1) is 8.06. The largest absolute Gasteiger partial charge is 0.494 e. The normalized spacial score (nSPS) is 11.1. The Bertz CT molecular complexity index is 681. The zero-order valence-electron chi connectivity index (χ0n) is 8.81. The van der Waals surface area contributed by atoms with Crippen LogP contribution >= 0.6 is 12.2 Å². The lowest BCUT2D eigenvalue weighted by molar-refractivity contribution is 0.449. The van der Waals surface area contributed by atoms with Gasteiger partial charge in [0.25, 0.3) is 5.56 Å². The van der Waals surface area contributed by atoms with Crippen molar-refractivity contribution in [2.75, 3.05) is 0 Å². The molecule has 0 radical (unpaired) electrons. The van der Waals surface area contributed by atoms with Crippen LogP contribution in [-0.2, 0) is 0 Å². The number of aryl methyl sites for hydroxylation is 1. The zero-order chi connectivity index (χ0) is 12.4. The minimum Gasteiger partial charge on any atom is -0.494 e. The molecule has 2 aromatic heterocycles. The van der Waals surface area contributed by atoms with E-state index in [1.807, 2.05) is 6.92 Å². The van der Waals surface area contributed by atoms with Gasteiger partial charge in [0.15, 0.2) is 10.6 Å². The van der Waals surface area contributed by atoms with Crippen molar-refractivity contribution in [1.82, 2.24) is 20.2 Å². The van der Waals surface area contributed by atoms with Crippen molar-refractivity contribution >= 4 is 24.3 Å². The number of aliphatic imine (C=N–C) groups is 1. The summed E-state index contributed by atoms with van der Waals surface area (Å²) < 4.78 is 0.0558. The molecular weight excluding hydrogens is 242 g/mol. The van der Waals surface area contributed by atoms with Gasteiger partial charge in [-0.05, 0) is 19.1 Å². The molecule has 17 heavy (non-hydrogen) atoms. The van der Waals surface area contributed by atoms with Crippen molar-refractivity contribution < 1.29 is 5.11 Å². The van der Waals surface area contributed by atoms with Crippen molar-refractivity contribution in [1.29, 1.82) is 0 Å². The second-order valence-corrected chi connectivity index (χ2v) is 3.75. The van der Waals surface area contributed by atoms with Crippen LogP contribution < -0.4 is 5.56 Å². The molecule has 0 bridgehead atoms. The van der Waals surface area contributed by atoms with E-state index in [9.17, 15) is 9.90 Å². The quantitative estimate of drug-likeness (QED) is 0.470. The summed E-state index contributed by atoms with van der Waals surface area (Å²) in [5.41, 5.74) is 0.337. The van der Waals surface area contributed by atoms with Crippen LogP contribution in [0.5, 0.6) is 5.88 Å². The SMILES string of the molecule is Cc1cc(N=Cc2c(O)[nH]c(=S)[nH]c2=O)n[nH]1. The van der Waals surface area contributed by atoms with Crippen LogP contribution in [0.1, 0.15) is 11.3 Å². The molecular formula is C9H9N5O2S.